The van der Waals surface area contributed by atoms with E-state index in [4.69, 9.17) is 9.92 Å². The number of hydrogen-bond acceptors (Lipinski definition) is 7. The Morgan fingerprint density at radius 2 is 1.53 bits per heavy atom. The highest BCUT2D eigenvalue weighted by Crippen LogP contribution is 2.68. The molecule has 8 nitrogen and oxygen atoms in total. The molecule has 0 aromatic carbocycles. The van der Waals surface area contributed by atoms with Gasteiger partial charge in [-0.05, 0) is 162 Å². The second-order valence-corrected chi connectivity index (χ2v) is 18.2. The standard InChI is InChI=1S/C38H72N3O5S/c1-27(2)35(46-47(43,44)45)16-13-28(3)31-14-15-32-36-33(18-20-38(31,32)5)37(4)19-17-30(25-29(37)26-34(36)42)41-24-12-23-40-22-11-9-7-6-8-10-21-39/h26-36,40-42H,6-25,39H2,1-5H3,(H,43,44,45)/t28-,29?,30+,31-,32+,33+,34-,35-,36+,37+,38-/m1/s1. The lowest BCUT2D eigenvalue weighted by Gasteiger charge is -2.62. The molecule has 1 unspecified atom stereocenters. The Balaban J connectivity index is 1.23. The number of aliphatic hydroxyl groups is 1. The van der Waals surface area contributed by atoms with Crippen LogP contribution in [0.3, 0.4) is 0 Å². The Kier molecular flexibility index (Phi) is 14.9. The molecule has 0 bridgehead atoms. The van der Waals surface area contributed by atoms with Crippen molar-refractivity contribution in [2.45, 2.75) is 156 Å². The average Bonchev–Trinajstić information content (AvgIpc) is 3.36. The van der Waals surface area contributed by atoms with E-state index in [1.54, 1.807) is 0 Å². The van der Waals surface area contributed by atoms with Crippen LogP contribution in [0.25, 0.3) is 0 Å². The Morgan fingerprint density at radius 3 is 2.23 bits per heavy atom. The van der Waals surface area contributed by atoms with Gasteiger partial charge in [0.05, 0.1) is 12.2 Å². The zero-order chi connectivity index (χ0) is 34.2. The topological polar surface area (TPSA) is 134 Å². The molecular formula is C38H72N3O5S. The fourth-order valence-corrected chi connectivity index (χ4v) is 11.7. The molecule has 4 aliphatic rings. The van der Waals surface area contributed by atoms with Gasteiger partial charge >= 0.3 is 10.4 Å². The number of unbranched alkanes of at least 4 members (excludes halogenated alkanes) is 5. The highest BCUT2D eigenvalue weighted by atomic mass is 32.3. The van der Waals surface area contributed by atoms with Crippen LogP contribution in [0.15, 0.2) is 0 Å². The fourth-order valence-electron chi connectivity index (χ4n) is 11.1. The van der Waals surface area contributed by atoms with E-state index < -0.39 is 16.5 Å². The Morgan fingerprint density at radius 1 is 0.872 bits per heavy atom. The van der Waals surface area contributed by atoms with Crippen molar-refractivity contribution >= 4 is 10.4 Å². The first-order valence-electron chi connectivity index (χ1n) is 19.6. The summed E-state index contributed by atoms with van der Waals surface area (Å²) in [5, 5.41) is 19.3. The Labute approximate surface area is 288 Å². The molecular weight excluding hydrogens is 611 g/mol. The molecule has 0 aliphatic heterocycles. The summed E-state index contributed by atoms with van der Waals surface area (Å²) in [6.07, 6.45) is 20.3. The van der Waals surface area contributed by atoms with Gasteiger partial charge in [0.1, 0.15) is 0 Å². The third-order valence-electron chi connectivity index (χ3n) is 13.8. The quantitative estimate of drug-likeness (QED) is 0.0690. The van der Waals surface area contributed by atoms with Crippen molar-refractivity contribution < 1.29 is 22.3 Å². The smallest absolute Gasteiger partial charge is 0.393 e. The number of fused-ring (bicyclic) bond motifs is 5. The van der Waals surface area contributed by atoms with E-state index in [1.807, 2.05) is 13.8 Å². The van der Waals surface area contributed by atoms with Crippen LogP contribution in [0, 0.1) is 58.7 Å². The molecule has 6 N–H and O–H groups in total. The van der Waals surface area contributed by atoms with Gasteiger partial charge in [-0.25, -0.2) is 4.18 Å². The molecule has 4 saturated carbocycles. The maximum Gasteiger partial charge on any atom is 0.397 e. The largest absolute Gasteiger partial charge is 0.397 e. The van der Waals surface area contributed by atoms with Crippen molar-refractivity contribution in [3.05, 3.63) is 6.42 Å². The van der Waals surface area contributed by atoms with E-state index >= 15 is 0 Å². The SMILES string of the molecule is CC(C)[C@@H](CC[C@@H](C)[C@H]1CC[C@H]2[C@@H]3[C@H](O)[CH]C4C[C@@H](NCCCNCCCCCCCCN)CC[C@]4(C)[C@H]3CC[C@]12C)OS(=O)(=O)O. The van der Waals surface area contributed by atoms with E-state index in [9.17, 15) is 18.1 Å². The van der Waals surface area contributed by atoms with Crippen molar-refractivity contribution in [3.63, 3.8) is 0 Å². The van der Waals surface area contributed by atoms with Gasteiger partial charge in [0, 0.05) is 6.04 Å². The van der Waals surface area contributed by atoms with Crippen LogP contribution in [-0.2, 0) is 14.6 Å². The molecule has 275 valence electrons. The van der Waals surface area contributed by atoms with E-state index in [-0.39, 0.29) is 22.9 Å². The number of nitrogens with two attached hydrogens (primary N) is 1. The molecule has 4 rings (SSSR count). The first-order valence-corrected chi connectivity index (χ1v) is 21.0. The molecule has 9 heteroatoms. The molecule has 1 radical (unpaired) electrons. The molecule has 4 aliphatic carbocycles. The number of nitrogens with one attached hydrogen (secondary N) is 2. The van der Waals surface area contributed by atoms with Gasteiger partial charge in [-0.1, -0.05) is 60.3 Å². The summed E-state index contributed by atoms with van der Waals surface area (Å²) < 4.78 is 37.2. The van der Waals surface area contributed by atoms with Gasteiger partial charge < -0.3 is 21.5 Å². The first-order chi connectivity index (χ1) is 22.3. The normalized spacial score (nSPS) is 36.9. The van der Waals surface area contributed by atoms with Gasteiger partial charge in [-0.15, -0.1) is 0 Å². The minimum Gasteiger partial charge on any atom is -0.393 e. The van der Waals surface area contributed by atoms with Crippen molar-refractivity contribution in [2.75, 3.05) is 26.2 Å². The van der Waals surface area contributed by atoms with Gasteiger partial charge in [0.25, 0.3) is 0 Å². The summed E-state index contributed by atoms with van der Waals surface area (Å²) in [5.41, 5.74) is 6.05. The average molecular weight is 683 g/mol. The lowest BCUT2D eigenvalue weighted by atomic mass is 9.43. The van der Waals surface area contributed by atoms with Gasteiger partial charge in [0.15, 0.2) is 0 Å². The van der Waals surface area contributed by atoms with Crippen LogP contribution in [0.4, 0.5) is 0 Å². The summed E-state index contributed by atoms with van der Waals surface area (Å²) >= 11 is 0. The van der Waals surface area contributed by atoms with Crippen LogP contribution in [-0.4, -0.2) is 62.5 Å². The van der Waals surface area contributed by atoms with Crippen LogP contribution >= 0.6 is 0 Å². The summed E-state index contributed by atoms with van der Waals surface area (Å²) in [5.74, 6) is 2.95. The Hall–Kier alpha value is -0.290. The summed E-state index contributed by atoms with van der Waals surface area (Å²) in [4.78, 5) is 0. The third-order valence-corrected chi connectivity index (χ3v) is 14.3. The summed E-state index contributed by atoms with van der Waals surface area (Å²) in [6, 6.07) is 0.548. The monoisotopic (exact) mass is 683 g/mol. The fraction of sp³-hybridized carbons (Fsp3) is 0.974. The van der Waals surface area contributed by atoms with Gasteiger partial charge in [0.2, 0.25) is 0 Å². The second kappa shape index (κ2) is 17.8. The second-order valence-electron chi connectivity index (χ2n) is 17.1. The molecule has 0 amide bonds. The number of aliphatic hydroxyl groups excluding tert-OH is 1. The number of hydrogen-bond donors (Lipinski definition) is 5. The van der Waals surface area contributed by atoms with Crippen LogP contribution < -0.4 is 16.4 Å². The maximum atomic E-state index is 11.8. The highest BCUT2D eigenvalue weighted by Gasteiger charge is 2.63. The molecule has 0 spiro atoms. The minimum atomic E-state index is -4.46. The minimum absolute atomic E-state index is 0.0113. The summed E-state index contributed by atoms with van der Waals surface area (Å²) in [7, 11) is -4.46. The summed E-state index contributed by atoms with van der Waals surface area (Å²) in [6.45, 7) is 15.4. The molecule has 11 atom stereocenters. The van der Waals surface area contributed by atoms with Crippen molar-refractivity contribution in [1.82, 2.24) is 10.6 Å². The van der Waals surface area contributed by atoms with Crippen molar-refractivity contribution in [1.29, 1.82) is 0 Å². The van der Waals surface area contributed by atoms with Crippen LogP contribution in [0.1, 0.15) is 137 Å². The molecule has 47 heavy (non-hydrogen) atoms. The molecule has 0 heterocycles. The zero-order valence-electron chi connectivity index (χ0n) is 30.6. The van der Waals surface area contributed by atoms with E-state index in [2.05, 4.69) is 37.8 Å². The molecule has 0 saturated heterocycles. The maximum absolute atomic E-state index is 11.8. The predicted molar refractivity (Wildman–Crippen MR) is 192 cm³/mol. The molecule has 0 aromatic rings. The van der Waals surface area contributed by atoms with E-state index in [0.717, 1.165) is 51.9 Å². The van der Waals surface area contributed by atoms with Crippen LogP contribution in [0.2, 0.25) is 0 Å². The van der Waals surface area contributed by atoms with Crippen molar-refractivity contribution in [3.8, 4) is 0 Å². The first kappa shape index (κ1) is 39.5. The highest BCUT2D eigenvalue weighted by molar-refractivity contribution is 7.80. The zero-order valence-corrected chi connectivity index (χ0v) is 31.4. The predicted octanol–water partition coefficient (Wildman–Crippen LogP) is 6.93. The van der Waals surface area contributed by atoms with Gasteiger partial charge in [-0.2, -0.15) is 8.42 Å². The van der Waals surface area contributed by atoms with Crippen LogP contribution in [0.5, 0.6) is 0 Å². The Bertz CT molecular complexity index is 1040. The van der Waals surface area contributed by atoms with Gasteiger partial charge in [-0.3, -0.25) is 4.55 Å². The number of rotatable bonds is 20. The molecule has 4 fully saturated rings. The van der Waals surface area contributed by atoms with E-state index in [1.165, 1.54) is 70.6 Å². The lowest BCUT2D eigenvalue weighted by molar-refractivity contribution is -0.142. The third kappa shape index (κ3) is 10.2. The van der Waals surface area contributed by atoms with E-state index in [0.29, 0.717) is 48.0 Å². The van der Waals surface area contributed by atoms with Crippen molar-refractivity contribution in [2.24, 2.45) is 58.0 Å². The lowest BCUT2D eigenvalue weighted by Crippen LogP contribution is -2.59. The molecule has 0 aromatic heterocycles.